The monoisotopic (exact) mass is 525 g/mol. The lowest BCUT2D eigenvalue weighted by molar-refractivity contribution is -0.140. The Balaban J connectivity index is 1.43. The van der Waals surface area contributed by atoms with Crippen molar-refractivity contribution < 1.29 is 18.8 Å². The van der Waals surface area contributed by atoms with Crippen LogP contribution in [-0.4, -0.2) is 38.4 Å². The van der Waals surface area contributed by atoms with E-state index in [0.717, 1.165) is 5.56 Å². The van der Waals surface area contributed by atoms with Crippen molar-refractivity contribution in [3.8, 4) is 11.1 Å². The third-order valence-electron chi connectivity index (χ3n) is 5.23. The number of hydrogen-bond acceptors (Lipinski definition) is 6. The van der Waals surface area contributed by atoms with Gasteiger partial charge in [-0.2, -0.15) is 5.10 Å². The fourth-order valence-corrected chi connectivity index (χ4v) is 4.20. The number of nitrogens with zero attached hydrogens (tertiary/aromatic N) is 3. The van der Waals surface area contributed by atoms with Crippen LogP contribution >= 0.6 is 22.9 Å². The van der Waals surface area contributed by atoms with E-state index in [4.69, 9.17) is 11.6 Å². The molecule has 0 aliphatic rings. The van der Waals surface area contributed by atoms with Crippen LogP contribution in [0, 0.1) is 5.82 Å². The number of benzene rings is 2. The van der Waals surface area contributed by atoms with Gasteiger partial charge in [-0.15, -0.1) is 11.3 Å². The number of Topliss-reactive ketones (excluding diaryl/α,β-unsaturated/α-hetero) is 1. The smallest absolute Gasteiger partial charge is 0.289 e. The summed E-state index contributed by atoms with van der Waals surface area (Å²) >= 11 is 7.21. The Kier molecular flexibility index (Phi) is 8.19. The first-order valence-corrected chi connectivity index (χ1v) is 12.2. The average Bonchev–Trinajstić information content (AvgIpc) is 3.56. The summed E-state index contributed by atoms with van der Waals surface area (Å²) in [4.78, 5) is 42.3. The van der Waals surface area contributed by atoms with Crippen LogP contribution in [0.2, 0.25) is 5.02 Å². The summed E-state index contributed by atoms with van der Waals surface area (Å²) in [6.07, 6.45) is 4.89. The number of ketones is 1. The summed E-state index contributed by atoms with van der Waals surface area (Å²) in [6, 6.07) is 12.3. The van der Waals surface area contributed by atoms with Crippen LogP contribution in [0.15, 0.2) is 72.5 Å². The molecule has 8 nitrogen and oxygen atoms in total. The topological polar surface area (TPSA) is 106 Å². The maximum absolute atomic E-state index is 13.4. The number of halogens is 2. The third kappa shape index (κ3) is 6.61. The van der Waals surface area contributed by atoms with E-state index in [-0.39, 0.29) is 24.5 Å². The summed E-state index contributed by atoms with van der Waals surface area (Å²) in [5, 5.41) is 11.8. The van der Waals surface area contributed by atoms with E-state index in [2.05, 4.69) is 20.7 Å². The van der Waals surface area contributed by atoms with E-state index in [1.807, 2.05) is 30.3 Å². The van der Waals surface area contributed by atoms with E-state index in [0.29, 0.717) is 16.1 Å². The first-order valence-electron chi connectivity index (χ1n) is 10.9. The van der Waals surface area contributed by atoms with Crippen LogP contribution in [0.4, 0.5) is 4.39 Å². The highest BCUT2D eigenvalue weighted by Crippen LogP contribution is 2.24. The molecule has 0 unspecified atom stereocenters. The van der Waals surface area contributed by atoms with Crippen molar-refractivity contribution in [3.63, 3.8) is 0 Å². The highest BCUT2D eigenvalue weighted by Gasteiger charge is 2.27. The molecule has 2 amide bonds. The Labute approximate surface area is 215 Å². The summed E-state index contributed by atoms with van der Waals surface area (Å²) in [5.74, 6) is -2.59. The van der Waals surface area contributed by atoms with Crippen LogP contribution < -0.4 is 10.6 Å². The molecule has 0 fully saturated rings. The quantitative estimate of drug-likeness (QED) is 0.309. The van der Waals surface area contributed by atoms with Crippen molar-refractivity contribution in [2.24, 2.45) is 0 Å². The summed E-state index contributed by atoms with van der Waals surface area (Å²) in [6.45, 7) is -0.0636. The molecule has 4 aromatic rings. The standard InChI is InChI=1S/C25H21ClFN5O3S/c26-19-11-17(6-7-20(19)27)18-12-30-32(14-18)15-22(33)31-21(10-16-4-2-1-3-5-16)24(34)25(35)29-13-23-28-8-9-36-23/h1-9,11-12,14,21H,10,13,15H2,(H,29,35)(H,31,33)/t21-/m1/s1. The number of carbonyl (C=O) groups excluding carboxylic acids is 3. The largest absolute Gasteiger partial charge is 0.344 e. The Morgan fingerprint density at radius 3 is 2.64 bits per heavy atom. The number of amides is 2. The van der Waals surface area contributed by atoms with E-state index < -0.39 is 29.5 Å². The highest BCUT2D eigenvalue weighted by atomic mass is 35.5. The molecule has 4 rings (SSSR count). The molecular formula is C25H21ClFN5O3S. The first kappa shape index (κ1) is 25.2. The van der Waals surface area contributed by atoms with Gasteiger partial charge in [0.15, 0.2) is 0 Å². The number of nitrogens with one attached hydrogen (secondary N) is 2. The predicted molar refractivity (Wildman–Crippen MR) is 134 cm³/mol. The lowest BCUT2D eigenvalue weighted by Crippen LogP contribution is -2.49. The SMILES string of the molecule is O=C(Cn1cc(-c2ccc(F)c(Cl)c2)cn1)N[C@H](Cc1ccccc1)C(=O)C(=O)NCc1nccs1. The molecule has 2 aromatic carbocycles. The fraction of sp³-hybridized carbons (Fsp3) is 0.160. The molecule has 0 saturated heterocycles. The number of rotatable bonds is 10. The van der Waals surface area contributed by atoms with Crippen LogP contribution in [-0.2, 0) is 33.9 Å². The normalized spacial score (nSPS) is 11.6. The molecule has 0 bridgehead atoms. The summed E-state index contributed by atoms with van der Waals surface area (Å²) < 4.78 is 14.8. The van der Waals surface area contributed by atoms with Crippen molar-refractivity contribution in [1.29, 1.82) is 0 Å². The van der Waals surface area contributed by atoms with Gasteiger partial charge in [0.1, 0.15) is 23.4 Å². The van der Waals surface area contributed by atoms with Gasteiger partial charge < -0.3 is 10.6 Å². The molecule has 2 aromatic heterocycles. The maximum Gasteiger partial charge on any atom is 0.289 e. The molecule has 36 heavy (non-hydrogen) atoms. The zero-order valence-electron chi connectivity index (χ0n) is 18.9. The molecule has 0 aliphatic heterocycles. The second-order valence-electron chi connectivity index (χ2n) is 7.84. The molecule has 0 spiro atoms. The van der Waals surface area contributed by atoms with Gasteiger partial charge in [0, 0.05) is 29.8 Å². The van der Waals surface area contributed by atoms with Gasteiger partial charge in [0.2, 0.25) is 11.7 Å². The Morgan fingerprint density at radius 2 is 1.92 bits per heavy atom. The van der Waals surface area contributed by atoms with Gasteiger partial charge in [-0.25, -0.2) is 9.37 Å². The number of carbonyl (C=O) groups is 3. The molecule has 0 aliphatic carbocycles. The molecule has 2 N–H and O–H groups in total. The van der Waals surface area contributed by atoms with Gasteiger partial charge in [-0.3, -0.25) is 19.1 Å². The van der Waals surface area contributed by atoms with Gasteiger partial charge in [-0.1, -0.05) is 48.0 Å². The zero-order valence-corrected chi connectivity index (χ0v) is 20.4. The van der Waals surface area contributed by atoms with Crippen molar-refractivity contribution in [3.05, 3.63) is 93.9 Å². The minimum Gasteiger partial charge on any atom is -0.344 e. The van der Waals surface area contributed by atoms with Gasteiger partial charge >= 0.3 is 0 Å². The van der Waals surface area contributed by atoms with Crippen LogP contribution in [0.25, 0.3) is 11.1 Å². The first-order chi connectivity index (χ1) is 17.4. The third-order valence-corrected chi connectivity index (χ3v) is 6.30. The lowest BCUT2D eigenvalue weighted by Gasteiger charge is -2.17. The van der Waals surface area contributed by atoms with E-state index in [1.165, 1.54) is 34.3 Å². The van der Waals surface area contributed by atoms with Crippen LogP contribution in [0.1, 0.15) is 10.6 Å². The second kappa shape index (κ2) is 11.7. The second-order valence-corrected chi connectivity index (χ2v) is 9.22. The van der Waals surface area contributed by atoms with Gasteiger partial charge in [0.05, 0.1) is 17.8 Å². The number of hydrogen-bond donors (Lipinski definition) is 2. The van der Waals surface area contributed by atoms with Gasteiger partial charge in [0.25, 0.3) is 5.91 Å². The molecule has 184 valence electrons. The maximum atomic E-state index is 13.4. The summed E-state index contributed by atoms with van der Waals surface area (Å²) in [7, 11) is 0. The minimum atomic E-state index is -1.07. The average molecular weight is 526 g/mol. The van der Waals surface area contributed by atoms with E-state index in [9.17, 15) is 18.8 Å². The van der Waals surface area contributed by atoms with E-state index >= 15 is 0 Å². The lowest BCUT2D eigenvalue weighted by atomic mass is 10.0. The Hall–Kier alpha value is -3.89. The van der Waals surface area contributed by atoms with Crippen molar-refractivity contribution >= 4 is 40.5 Å². The van der Waals surface area contributed by atoms with Crippen molar-refractivity contribution in [1.82, 2.24) is 25.4 Å². The summed E-state index contributed by atoms with van der Waals surface area (Å²) in [5.41, 5.74) is 2.07. The molecule has 2 heterocycles. The van der Waals surface area contributed by atoms with Crippen LogP contribution in [0.3, 0.4) is 0 Å². The van der Waals surface area contributed by atoms with Crippen molar-refractivity contribution in [2.75, 3.05) is 0 Å². The Bertz CT molecular complexity index is 1360. The molecular weight excluding hydrogens is 505 g/mol. The fourth-order valence-electron chi connectivity index (χ4n) is 3.46. The van der Waals surface area contributed by atoms with Crippen LogP contribution in [0.5, 0.6) is 0 Å². The zero-order chi connectivity index (χ0) is 25.5. The number of thiazole rings is 1. The Morgan fingerprint density at radius 1 is 1.11 bits per heavy atom. The predicted octanol–water partition coefficient (Wildman–Crippen LogP) is 3.41. The highest BCUT2D eigenvalue weighted by molar-refractivity contribution is 7.09. The molecule has 1 atom stereocenters. The molecule has 0 saturated carbocycles. The molecule has 0 radical (unpaired) electrons. The molecule has 11 heteroatoms. The van der Waals surface area contributed by atoms with E-state index in [1.54, 1.807) is 23.8 Å². The number of aromatic nitrogens is 3. The minimum absolute atomic E-state index is 0.0200. The van der Waals surface area contributed by atoms with Crippen molar-refractivity contribution in [2.45, 2.75) is 25.6 Å². The van der Waals surface area contributed by atoms with Gasteiger partial charge in [-0.05, 0) is 23.3 Å².